The summed E-state index contributed by atoms with van der Waals surface area (Å²) in [6.45, 7) is 1.88. The van der Waals surface area contributed by atoms with Gasteiger partial charge in [0.1, 0.15) is 0 Å². The third-order valence-corrected chi connectivity index (χ3v) is 5.10. The molecule has 0 aliphatic rings. The normalized spacial score (nSPS) is 11.4. The van der Waals surface area contributed by atoms with Crippen molar-refractivity contribution in [2.75, 3.05) is 0 Å². The maximum atomic E-state index is 11.1. The molecule has 0 heterocycles. The first-order valence-electron chi connectivity index (χ1n) is 6.29. The molecule has 6 N–H and O–H groups in total. The molecular formula is C13H18N4O4S2. The molecule has 2 rings (SSSR count). The van der Waals surface area contributed by atoms with Gasteiger partial charge < -0.3 is 0 Å². The maximum absolute atomic E-state index is 11.1. The fourth-order valence-electron chi connectivity index (χ4n) is 1.45. The van der Waals surface area contributed by atoms with E-state index in [1.807, 2.05) is 6.92 Å². The van der Waals surface area contributed by atoms with E-state index in [2.05, 4.69) is 0 Å². The lowest BCUT2D eigenvalue weighted by Gasteiger charge is -2.01. The third-order valence-electron chi connectivity index (χ3n) is 2.70. The molecule has 23 heavy (non-hydrogen) atoms. The van der Waals surface area contributed by atoms with Crippen molar-refractivity contribution in [3.05, 3.63) is 60.2 Å². The molecule has 0 atom stereocenters. The Morgan fingerprint density at radius 2 is 1.09 bits per heavy atom. The number of nitrogens with one attached hydrogen (secondary N) is 2. The number of hydrogen-bond donors (Lipinski definition) is 4. The number of hydrogen-bond acceptors (Lipinski definition) is 6. The molecule has 10 heteroatoms. The number of rotatable bonds is 4. The average Bonchev–Trinajstić information content (AvgIpc) is 2.56. The summed E-state index contributed by atoms with van der Waals surface area (Å²) in [5.74, 6) is 9.64. The van der Waals surface area contributed by atoms with E-state index in [0.717, 1.165) is 5.56 Å². The van der Waals surface area contributed by atoms with Gasteiger partial charge in [-0.1, -0.05) is 35.9 Å². The van der Waals surface area contributed by atoms with Crippen LogP contribution in [0.4, 0.5) is 0 Å². The van der Waals surface area contributed by atoms with Gasteiger partial charge in [0.2, 0.25) is 0 Å². The quantitative estimate of drug-likeness (QED) is 0.447. The highest BCUT2D eigenvalue weighted by molar-refractivity contribution is 7.89. The molecule has 0 unspecified atom stereocenters. The summed E-state index contributed by atoms with van der Waals surface area (Å²) in [6, 6.07) is 14.4. The average molecular weight is 358 g/mol. The van der Waals surface area contributed by atoms with E-state index in [4.69, 9.17) is 11.7 Å². The van der Waals surface area contributed by atoms with E-state index in [1.165, 1.54) is 24.3 Å². The standard InChI is InChI=1S/C7H10N2O2S.C6H8N2O2S/c1-6-2-4-7(5-3-6)12(10,11)9-8;7-8-11(9,10)6-4-2-1-3-5-6/h2-5,9H,8H2,1H3;1-5,8H,7H2. The summed E-state index contributed by atoms with van der Waals surface area (Å²) >= 11 is 0. The van der Waals surface area contributed by atoms with Crippen molar-refractivity contribution in [2.45, 2.75) is 16.7 Å². The van der Waals surface area contributed by atoms with Gasteiger partial charge in [0, 0.05) is 0 Å². The lowest BCUT2D eigenvalue weighted by Crippen LogP contribution is -2.30. The van der Waals surface area contributed by atoms with Gasteiger partial charge >= 0.3 is 0 Å². The Morgan fingerprint density at radius 3 is 1.48 bits per heavy atom. The third kappa shape index (κ3) is 5.71. The van der Waals surface area contributed by atoms with Gasteiger partial charge in [0.25, 0.3) is 20.0 Å². The molecular weight excluding hydrogens is 340 g/mol. The molecule has 0 saturated carbocycles. The van der Waals surface area contributed by atoms with Gasteiger partial charge in [0.15, 0.2) is 0 Å². The molecule has 0 aliphatic heterocycles. The van der Waals surface area contributed by atoms with Crippen LogP contribution in [0, 0.1) is 6.92 Å². The van der Waals surface area contributed by atoms with Crippen LogP contribution in [0.25, 0.3) is 0 Å². The summed E-state index contributed by atoms with van der Waals surface area (Å²) < 4.78 is 44.1. The molecule has 126 valence electrons. The lowest BCUT2D eigenvalue weighted by atomic mass is 10.2. The molecule has 2 aromatic carbocycles. The Kier molecular flexibility index (Phi) is 6.81. The number of nitrogens with two attached hydrogens (primary N) is 2. The second-order valence-electron chi connectivity index (χ2n) is 4.37. The van der Waals surface area contributed by atoms with Crippen LogP contribution < -0.4 is 21.3 Å². The van der Waals surface area contributed by atoms with Crippen molar-refractivity contribution in [1.29, 1.82) is 0 Å². The fourth-order valence-corrected chi connectivity index (χ4v) is 2.74. The summed E-state index contributed by atoms with van der Waals surface area (Å²) in [6.07, 6.45) is 0. The molecule has 0 bridgehead atoms. The molecule has 0 fully saturated rings. The van der Waals surface area contributed by atoms with Gasteiger partial charge in [-0.3, -0.25) is 11.7 Å². The number of aryl methyl sites for hydroxylation is 1. The van der Waals surface area contributed by atoms with Gasteiger partial charge in [-0.2, -0.15) is 9.66 Å². The molecule has 0 aliphatic carbocycles. The first-order chi connectivity index (χ1) is 10.7. The summed E-state index contributed by atoms with van der Waals surface area (Å²) in [5, 5.41) is 0. The summed E-state index contributed by atoms with van der Waals surface area (Å²) in [7, 11) is -6.96. The summed E-state index contributed by atoms with van der Waals surface area (Å²) in [4.78, 5) is 3.82. The van der Waals surface area contributed by atoms with E-state index in [-0.39, 0.29) is 9.79 Å². The van der Waals surface area contributed by atoms with Gasteiger partial charge in [0.05, 0.1) is 9.79 Å². The first-order valence-corrected chi connectivity index (χ1v) is 9.26. The van der Waals surface area contributed by atoms with Gasteiger partial charge in [-0.25, -0.2) is 16.8 Å². The fraction of sp³-hybridized carbons (Fsp3) is 0.0769. The molecule has 0 amide bonds. The van der Waals surface area contributed by atoms with Gasteiger partial charge in [-0.05, 0) is 31.2 Å². The molecule has 2 aromatic rings. The zero-order valence-electron chi connectivity index (χ0n) is 12.3. The Labute approximate surface area is 135 Å². The Morgan fingerprint density at radius 1 is 0.696 bits per heavy atom. The maximum Gasteiger partial charge on any atom is 0.253 e. The minimum atomic E-state index is -3.49. The van der Waals surface area contributed by atoms with E-state index >= 15 is 0 Å². The van der Waals surface area contributed by atoms with Crippen molar-refractivity contribution >= 4 is 20.0 Å². The van der Waals surface area contributed by atoms with Crippen molar-refractivity contribution in [2.24, 2.45) is 11.7 Å². The highest BCUT2D eigenvalue weighted by Crippen LogP contribution is 2.08. The van der Waals surface area contributed by atoms with Crippen LogP contribution in [0.2, 0.25) is 0 Å². The monoisotopic (exact) mass is 358 g/mol. The first kappa shape index (κ1) is 19.2. The van der Waals surface area contributed by atoms with Crippen molar-refractivity contribution < 1.29 is 16.8 Å². The van der Waals surface area contributed by atoms with Crippen LogP contribution >= 0.6 is 0 Å². The minimum Gasteiger partial charge on any atom is -0.257 e. The Hall–Kier alpha value is -1.82. The zero-order valence-corrected chi connectivity index (χ0v) is 13.9. The van der Waals surface area contributed by atoms with Crippen LogP contribution in [-0.4, -0.2) is 16.8 Å². The lowest BCUT2D eigenvalue weighted by molar-refractivity contribution is 0.582. The van der Waals surface area contributed by atoms with E-state index in [9.17, 15) is 16.8 Å². The molecule has 0 aromatic heterocycles. The van der Waals surface area contributed by atoms with Crippen molar-refractivity contribution in [3.63, 3.8) is 0 Å². The smallest absolute Gasteiger partial charge is 0.253 e. The number of hydrazine groups is 2. The SMILES string of the molecule is Cc1ccc(S(=O)(=O)NN)cc1.NNS(=O)(=O)c1ccccc1. The van der Waals surface area contributed by atoms with Gasteiger partial charge in [-0.15, -0.1) is 0 Å². The van der Waals surface area contributed by atoms with E-state index < -0.39 is 20.0 Å². The topological polar surface area (TPSA) is 144 Å². The molecule has 0 saturated heterocycles. The van der Waals surface area contributed by atoms with E-state index in [0.29, 0.717) is 0 Å². The van der Waals surface area contributed by atoms with Crippen LogP contribution in [-0.2, 0) is 20.0 Å². The van der Waals surface area contributed by atoms with E-state index in [1.54, 1.807) is 40.0 Å². The van der Waals surface area contributed by atoms with Crippen LogP contribution in [0.5, 0.6) is 0 Å². The number of benzene rings is 2. The predicted octanol–water partition coefficient (Wildman–Crippen LogP) is -0.0144. The van der Waals surface area contributed by atoms with Crippen molar-refractivity contribution in [3.8, 4) is 0 Å². The minimum absolute atomic E-state index is 0.169. The highest BCUT2D eigenvalue weighted by atomic mass is 32.2. The largest absolute Gasteiger partial charge is 0.257 e. The molecule has 0 radical (unpaired) electrons. The predicted molar refractivity (Wildman–Crippen MR) is 86.6 cm³/mol. The molecule has 8 nitrogen and oxygen atoms in total. The van der Waals surface area contributed by atoms with Crippen molar-refractivity contribution in [1.82, 2.24) is 9.66 Å². The second kappa shape index (κ2) is 8.15. The Balaban J connectivity index is 0.000000231. The molecule has 0 spiro atoms. The summed E-state index contributed by atoms with van der Waals surface area (Å²) in [5.41, 5.74) is 1.01. The van der Waals surface area contributed by atoms with Crippen LogP contribution in [0.15, 0.2) is 64.4 Å². The second-order valence-corrected chi connectivity index (χ2v) is 7.80. The van der Waals surface area contributed by atoms with Crippen LogP contribution in [0.3, 0.4) is 0 Å². The Bertz CT molecular complexity index is 820. The highest BCUT2D eigenvalue weighted by Gasteiger charge is 2.10. The zero-order chi connectivity index (χ0) is 17.5. The van der Waals surface area contributed by atoms with Crippen LogP contribution in [0.1, 0.15) is 5.56 Å². The number of sulfonamides is 2.